The smallest absolute Gasteiger partial charge is 0.338 e. The third-order valence-corrected chi connectivity index (χ3v) is 5.19. The van der Waals surface area contributed by atoms with E-state index in [0.717, 1.165) is 25.9 Å². The molecular weight excluding hydrogens is 320 g/mol. The summed E-state index contributed by atoms with van der Waals surface area (Å²) in [6.07, 6.45) is 2.46. The van der Waals surface area contributed by atoms with E-state index < -0.39 is 5.97 Å². The lowest BCUT2D eigenvalue weighted by atomic mass is 9.97. The van der Waals surface area contributed by atoms with E-state index in [-0.39, 0.29) is 24.3 Å². The van der Waals surface area contributed by atoms with Crippen LogP contribution in [0.15, 0.2) is 24.3 Å². The highest BCUT2D eigenvalue weighted by atomic mass is 16.5. The number of rotatable bonds is 4. The van der Waals surface area contributed by atoms with Gasteiger partial charge in [0.2, 0.25) is 5.91 Å². The summed E-state index contributed by atoms with van der Waals surface area (Å²) < 4.78 is 4.95. The molecule has 1 aromatic carbocycles. The minimum Gasteiger partial charge on any atom is -0.462 e. The molecule has 1 N–H and O–H groups in total. The summed E-state index contributed by atoms with van der Waals surface area (Å²) in [4.78, 5) is 39.4. The number of amides is 2. The third kappa shape index (κ3) is 3.58. The number of hydrogen-bond donors (Lipinski definition) is 1. The second-order valence-corrected chi connectivity index (χ2v) is 6.93. The fourth-order valence-electron chi connectivity index (χ4n) is 3.66. The molecule has 1 aromatic rings. The minimum absolute atomic E-state index is 0.126. The Hall–Kier alpha value is -2.21. The Labute approximate surface area is 147 Å². The number of imide groups is 1. The van der Waals surface area contributed by atoms with Gasteiger partial charge in [0.05, 0.1) is 37.4 Å². The van der Waals surface area contributed by atoms with Gasteiger partial charge in [0, 0.05) is 0 Å². The molecule has 1 unspecified atom stereocenters. The lowest BCUT2D eigenvalue weighted by Crippen LogP contribution is -3.17. The number of carbonyl (C=O) groups is 3. The van der Waals surface area contributed by atoms with Crippen molar-refractivity contribution >= 4 is 23.5 Å². The number of nitrogens with zero attached hydrogens (tertiary/aromatic N) is 1. The van der Waals surface area contributed by atoms with Crippen molar-refractivity contribution in [1.82, 2.24) is 0 Å². The van der Waals surface area contributed by atoms with Crippen molar-refractivity contribution in [3.8, 4) is 0 Å². The number of likely N-dealkylation sites (tertiary alicyclic amines) is 1. The maximum atomic E-state index is 12.8. The van der Waals surface area contributed by atoms with Crippen LogP contribution >= 0.6 is 0 Å². The summed E-state index contributed by atoms with van der Waals surface area (Å²) in [6, 6.07) is 6.19. The van der Waals surface area contributed by atoms with Gasteiger partial charge in [-0.1, -0.05) is 6.92 Å². The molecule has 25 heavy (non-hydrogen) atoms. The van der Waals surface area contributed by atoms with Crippen LogP contribution in [0.1, 0.15) is 43.5 Å². The quantitative estimate of drug-likeness (QED) is 0.648. The monoisotopic (exact) mass is 345 g/mol. The van der Waals surface area contributed by atoms with Crippen LogP contribution in [0.2, 0.25) is 0 Å². The molecule has 6 heteroatoms. The van der Waals surface area contributed by atoms with Gasteiger partial charge >= 0.3 is 5.97 Å². The molecule has 2 heterocycles. The first kappa shape index (κ1) is 17.6. The molecule has 134 valence electrons. The van der Waals surface area contributed by atoms with Gasteiger partial charge in [0.15, 0.2) is 6.04 Å². The normalized spacial score (nSPS) is 26.8. The SMILES string of the molecule is CCOC(=O)c1ccc(N2C(=O)CC([NH+]3CCC(C)CC3)C2=O)cc1. The average molecular weight is 345 g/mol. The molecule has 1 atom stereocenters. The van der Waals surface area contributed by atoms with Crippen LogP contribution < -0.4 is 9.80 Å². The number of anilines is 1. The molecule has 0 saturated carbocycles. The van der Waals surface area contributed by atoms with Crippen molar-refractivity contribution in [2.75, 3.05) is 24.6 Å². The number of carbonyl (C=O) groups excluding carboxylic acids is 3. The number of benzene rings is 1. The zero-order valence-corrected chi connectivity index (χ0v) is 14.8. The van der Waals surface area contributed by atoms with Gasteiger partial charge in [0.1, 0.15) is 0 Å². The van der Waals surface area contributed by atoms with Gasteiger partial charge < -0.3 is 9.64 Å². The van der Waals surface area contributed by atoms with Crippen LogP contribution in [0.4, 0.5) is 5.69 Å². The number of quaternary nitrogens is 1. The van der Waals surface area contributed by atoms with E-state index in [4.69, 9.17) is 4.74 Å². The molecule has 2 amide bonds. The molecule has 0 aliphatic carbocycles. The maximum Gasteiger partial charge on any atom is 0.338 e. The van der Waals surface area contributed by atoms with Gasteiger partial charge in [-0.15, -0.1) is 0 Å². The summed E-state index contributed by atoms with van der Waals surface area (Å²) in [6.45, 7) is 6.18. The van der Waals surface area contributed by atoms with Gasteiger partial charge in [-0.2, -0.15) is 0 Å². The summed E-state index contributed by atoms with van der Waals surface area (Å²) in [5.74, 6) is 0.00353. The zero-order chi connectivity index (χ0) is 18.0. The van der Waals surface area contributed by atoms with Gasteiger partial charge in [-0.3, -0.25) is 9.59 Å². The minimum atomic E-state index is -0.405. The second-order valence-electron chi connectivity index (χ2n) is 6.93. The Morgan fingerprint density at radius 3 is 2.44 bits per heavy atom. The highest BCUT2D eigenvalue weighted by Crippen LogP contribution is 2.23. The highest BCUT2D eigenvalue weighted by Gasteiger charge is 2.46. The molecule has 6 nitrogen and oxygen atoms in total. The molecule has 2 saturated heterocycles. The van der Waals surface area contributed by atoms with Crippen molar-refractivity contribution in [2.45, 2.75) is 39.2 Å². The Balaban J connectivity index is 1.73. The van der Waals surface area contributed by atoms with E-state index in [1.165, 1.54) is 9.80 Å². The summed E-state index contributed by atoms with van der Waals surface area (Å²) in [7, 11) is 0. The van der Waals surface area contributed by atoms with Crippen molar-refractivity contribution in [1.29, 1.82) is 0 Å². The van der Waals surface area contributed by atoms with Gasteiger partial charge in [0.25, 0.3) is 5.91 Å². The van der Waals surface area contributed by atoms with Crippen LogP contribution in [0.25, 0.3) is 0 Å². The molecule has 2 fully saturated rings. The van der Waals surface area contributed by atoms with E-state index in [2.05, 4.69) is 6.92 Å². The number of hydrogen-bond acceptors (Lipinski definition) is 4. The van der Waals surface area contributed by atoms with Crippen LogP contribution in [0.3, 0.4) is 0 Å². The Morgan fingerprint density at radius 1 is 1.20 bits per heavy atom. The molecule has 0 radical (unpaired) electrons. The Morgan fingerprint density at radius 2 is 1.84 bits per heavy atom. The molecule has 0 bridgehead atoms. The van der Waals surface area contributed by atoms with Crippen LogP contribution in [0, 0.1) is 5.92 Å². The molecule has 2 aliphatic rings. The number of ether oxygens (including phenoxy) is 1. The van der Waals surface area contributed by atoms with Crippen LogP contribution in [0.5, 0.6) is 0 Å². The lowest BCUT2D eigenvalue weighted by molar-refractivity contribution is -0.920. The fraction of sp³-hybridized carbons (Fsp3) is 0.526. The molecule has 0 spiro atoms. The first-order valence-corrected chi connectivity index (χ1v) is 8.99. The highest BCUT2D eigenvalue weighted by molar-refractivity contribution is 6.21. The maximum absolute atomic E-state index is 12.8. The number of piperidine rings is 1. The zero-order valence-electron chi connectivity index (χ0n) is 14.8. The average Bonchev–Trinajstić information content (AvgIpc) is 2.90. The van der Waals surface area contributed by atoms with Crippen molar-refractivity contribution < 1.29 is 24.0 Å². The predicted molar refractivity (Wildman–Crippen MR) is 92.4 cm³/mol. The van der Waals surface area contributed by atoms with Crippen molar-refractivity contribution in [2.24, 2.45) is 5.92 Å². The van der Waals surface area contributed by atoms with Crippen molar-refractivity contribution in [3.05, 3.63) is 29.8 Å². The third-order valence-electron chi connectivity index (χ3n) is 5.19. The van der Waals surface area contributed by atoms with Gasteiger partial charge in [-0.05, 0) is 49.9 Å². The van der Waals surface area contributed by atoms with Crippen LogP contribution in [-0.2, 0) is 14.3 Å². The lowest BCUT2D eigenvalue weighted by Gasteiger charge is -2.30. The predicted octanol–water partition coefficient (Wildman–Crippen LogP) is 0.810. The molecule has 2 aliphatic heterocycles. The Kier molecular flexibility index (Phi) is 5.18. The number of esters is 1. The van der Waals surface area contributed by atoms with E-state index >= 15 is 0 Å². The topological polar surface area (TPSA) is 68.1 Å². The summed E-state index contributed by atoms with van der Waals surface area (Å²) in [5.41, 5.74) is 0.937. The van der Waals surface area contributed by atoms with E-state index in [1.807, 2.05) is 0 Å². The summed E-state index contributed by atoms with van der Waals surface area (Å²) >= 11 is 0. The van der Waals surface area contributed by atoms with Crippen LogP contribution in [-0.4, -0.2) is 43.5 Å². The second kappa shape index (κ2) is 7.35. The summed E-state index contributed by atoms with van der Waals surface area (Å²) in [5, 5.41) is 0. The van der Waals surface area contributed by atoms with Crippen molar-refractivity contribution in [3.63, 3.8) is 0 Å². The first-order valence-electron chi connectivity index (χ1n) is 8.99. The molecule has 0 aromatic heterocycles. The largest absolute Gasteiger partial charge is 0.462 e. The standard InChI is InChI=1S/C19H24N2O4/c1-3-25-19(24)14-4-6-15(7-5-14)21-17(22)12-16(18(21)23)20-10-8-13(2)9-11-20/h4-7,13,16H,3,8-12H2,1-2H3/p+1. The fourth-order valence-corrected chi connectivity index (χ4v) is 3.66. The number of nitrogens with one attached hydrogen (secondary N) is 1. The van der Waals surface area contributed by atoms with E-state index in [1.54, 1.807) is 31.2 Å². The molecule has 3 rings (SSSR count). The molecular formula is C19H25N2O4+. The first-order chi connectivity index (χ1) is 12.0. The van der Waals surface area contributed by atoms with E-state index in [9.17, 15) is 14.4 Å². The Bertz CT molecular complexity index is 663. The van der Waals surface area contributed by atoms with Gasteiger partial charge in [-0.25, -0.2) is 9.69 Å². The van der Waals surface area contributed by atoms with E-state index in [0.29, 0.717) is 23.8 Å².